The van der Waals surface area contributed by atoms with Crippen LogP contribution in [0.1, 0.15) is 29.8 Å². The Balaban J connectivity index is 2.24. The minimum Gasteiger partial charge on any atom is -0.397 e. The molecule has 0 radical (unpaired) electrons. The van der Waals surface area contributed by atoms with Gasteiger partial charge < -0.3 is 15.8 Å². The summed E-state index contributed by atoms with van der Waals surface area (Å²) in [6, 6.07) is 3.37. The number of unbranched alkanes of at least 4 members (excludes halogenated alkanes) is 2. The van der Waals surface area contributed by atoms with Crippen molar-refractivity contribution in [2.45, 2.75) is 19.3 Å². The summed E-state index contributed by atoms with van der Waals surface area (Å²) in [6.07, 6.45) is 4.54. The summed E-state index contributed by atoms with van der Waals surface area (Å²) < 4.78 is 4.94. The van der Waals surface area contributed by atoms with Crippen molar-refractivity contribution in [1.29, 1.82) is 0 Å². The highest BCUT2D eigenvalue weighted by atomic mass is 16.5. The maximum absolute atomic E-state index is 11.7. The first-order valence-corrected chi connectivity index (χ1v) is 5.73. The Morgan fingerprint density at radius 2 is 2.29 bits per heavy atom. The van der Waals surface area contributed by atoms with Crippen LogP contribution in [0, 0.1) is 0 Å². The van der Waals surface area contributed by atoms with Crippen LogP contribution in [0.2, 0.25) is 0 Å². The fourth-order valence-electron chi connectivity index (χ4n) is 1.44. The number of nitrogens with two attached hydrogens (primary N) is 1. The Kier molecular flexibility index (Phi) is 6.03. The minimum absolute atomic E-state index is 0.213. The number of hydrogen-bond acceptors (Lipinski definition) is 4. The summed E-state index contributed by atoms with van der Waals surface area (Å²) in [5.41, 5.74) is 6.35. The van der Waals surface area contributed by atoms with E-state index in [1.54, 1.807) is 25.4 Å². The normalized spacial score (nSPS) is 10.2. The first kappa shape index (κ1) is 13.4. The summed E-state index contributed by atoms with van der Waals surface area (Å²) in [4.78, 5) is 15.6. The van der Waals surface area contributed by atoms with Crippen LogP contribution in [0.25, 0.3) is 0 Å². The molecule has 1 rings (SSSR count). The summed E-state index contributed by atoms with van der Waals surface area (Å²) in [7, 11) is 1.69. The number of carbonyl (C=O) groups is 1. The number of anilines is 1. The molecule has 0 saturated heterocycles. The Labute approximate surface area is 101 Å². The van der Waals surface area contributed by atoms with E-state index in [-0.39, 0.29) is 5.91 Å². The Bertz CT molecular complexity index is 355. The van der Waals surface area contributed by atoms with Crippen LogP contribution in [-0.2, 0) is 4.74 Å². The molecule has 1 aromatic heterocycles. The van der Waals surface area contributed by atoms with Crippen LogP contribution in [0.3, 0.4) is 0 Å². The van der Waals surface area contributed by atoms with Gasteiger partial charge in [0, 0.05) is 26.5 Å². The molecular weight excluding hydrogens is 218 g/mol. The zero-order valence-electron chi connectivity index (χ0n) is 10.1. The molecule has 0 bridgehead atoms. The van der Waals surface area contributed by atoms with Gasteiger partial charge in [0.25, 0.3) is 5.91 Å². The molecule has 0 aliphatic carbocycles. The summed E-state index contributed by atoms with van der Waals surface area (Å²) >= 11 is 0. The number of pyridine rings is 1. The lowest BCUT2D eigenvalue weighted by Crippen LogP contribution is -2.26. The Hall–Kier alpha value is -1.62. The second-order valence-corrected chi connectivity index (χ2v) is 3.75. The quantitative estimate of drug-likeness (QED) is 0.699. The number of methoxy groups -OCH3 is 1. The van der Waals surface area contributed by atoms with Gasteiger partial charge in [-0.1, -0.05) is 0 Å². The molecule has 0 aromatic carbocycles. The Morgan fingerprint density at radius 1 is 1.47 bits per heavy atom. The average molecular weight is 237 g/mol. The molecule has 0 saturated carbocycles. The lowest BCUT2D eigenvalue weighted by atomic mass is 10.2. The number of amides is 1. The lowest BCUT2D eigenvalue weighted by molar-refractivity contribution is 0.0948. The van der Waals surface area contributed by atoms with Gasteiger partial charge in [-0.05, 0) is 31.4 Å². The van der Waals surface area contributed by atoms with Crippen LogP contribution in [0.4, 0.5) is 5.69 Å². The van der Waals surface area contributed by atoms with Crippen molar-refractivity contribution >= 4 is 11.6 Å². The third-order valence-corrected chi connectivity index (χ3v) is 2.36. The standard InChI is InChI=1S/C12H19N3O2/c1-17-9-4-2-3-7-15-12(16)11-10(13)6-5-8-14-11/h5-6,8H,2-4,7,9,13H2,1H3,(H,15,16). The first-order valence-electron chi connectivity index (χ1n) is 5.73. The van der Waals surface area contributed by atoms with Gasteiger partial charge in [0.2, 0.25) is 0 Å². The maximum Gasteiger partial charge on any atom is 0.272 e. The third-order valence-electron chi connectivity index (χ3n) is 2.36. The molecule has 0 spiro atoms. The number of hydrogen-bond donors (Lipinski definition) is 2. The van der Waals surface area contributed by atoms with Gasteiger partial charge in [0.1, 0.15) is 0 Å². The third kappa shape index (κ3) is 4.82. The molecule has 0 aliphatic heterocycles. The largest absolute Gasteiger partial charge is 0.397 e. The van der Waals surface area contributed by atoms with Gasteiger partial charge in [0.15, 0.2) is 5.69 Å². The molecule has 17 heavy (non-hydrogen) atoms. The van der Waals surface area contributed by atoms with Gasteiger partial charge >= 0.3 is 0 Å². The highest BCUT2D eigenvalue weighted by Crippen LogP contribution is 2.06. The van der Waals surface area contributed by atoms with Crippen LogP contribution >= 0.6 is 0 Å². The average Bonchev–Trinajstić information content (AvgIpc) is 2.34. The van der Waals surface area contributed by atoms with Gasteiger partial charge in [0.05, 0.1) is 5.69 Å². The predicted octanol–water partition coefficient (Wildman–Crippen LogP) is 1.21. The molecule has 0 fully saturated rings. The second kappa shape index (κ2) is 7.62. The monoisotopic (exact) mass is 237 g/mol. The van der Waals surface area contributed by atoms with Crippen molar-refractivity contribution in [3.8, 4) is 0 Å². The molecule has 1 aromatic rings. The molecule has 1 heterocycles. The fraction of sp³-hybridized carbons (Fsp3) is 0.500. The summed E-state index contributed by atoms with van der Waals surface area (Å²) in [5.74, 6) is -0.213. The summed E-state index contributed by atoms with van der Waals surface area (Å²) in [6.45, 7) is 1.40. The lowest BCUT2D eigenvalue weighted by Gasteiger charge is -2.06. The highest BCUT2D eigenvalue weighted by molar-refractivity contribution is 5.96. The van der Waals surface area contributed by atoms with Crippen molar-refractivity contribution in [3.63, 3.8) is 0 Å². The second-order valence-electron chi connectivity index (χ2n) is 3.75. The highest BCUT2D eigenvalue weighted by Gasteiger charge is 2.09. The van der Waals surface area contributed by atoms with Crippen molar-refractivity contribution in [1.82, 2.24) is 10.3 Å². The molecule has 5 heteroatoms. The van der Waals surface area contributed by atoms with E-state index in [1.807, 2.05) is 0 Å². The van der Waals surface area contributed by atoms with Crippen molar-refractivity contribution in [3.05, 3.63) is 24.0 Å². The van der Waals surface area contributed by atoms with E-state index in [0.29, 0.717) is 17.9 Å². The number of nitrogens with one attached hydrogen (secondary N) is 1. The molecule has 0 atom stereocenters. The van der Waals surface area contributed by atoms with Crippen molar-refractivity contribution < 1.29 is 9.53 Å². The molecule has 5 nitrogen and oxygen atoms in total. The van der Waals surface area contributed by atoms with Gasteiger partial charge in [-0.25, -0.2) is 4.98 Å². The van der Waals surface area contributed by atoms with E-state index >= 15 is 0 Å². The van der Waals surface area contributed by atoms with Crippen LogP contribution < -0.4 is 11.1 Å². The van der Waals surface area contributed by atoms with Gasteiger partial charge in [-0.3, -0.25) is 4.79 Å². The SMILES string of the molecule is COCCCCCNC(=O)c1ncccc1N. The first-order chi connectivity index (χ1) is 8.25. The predicted molar refractivity (Wildman–Crippen MR) is 66.7 cm³/mol. The van der Waals surface area contributed by atoms with E-state index in [4.69, 9.17) is 10.5 Å². The number of nitrogens with zero attached hydrogens (tertiary/aromatic N) is 1. The molecule has 1 amide bonds. The van der Waals surface area contributed by atoms with Crippen molar-refractivity contribution in [2.24, 2.45) is 0 Å². The maximum atomic E-state index is 11.7. The van der Waals surface area contributed by atoms with Crippen molar-refractivity contribution in [2.75, 3.05) is 26.0 Å². The molecule has 0 unspecified atom stereocenters. The zero-order valence-corrected chi connectivity index (χ0v) is 10.1. The minimum atomic E-state index is -0.213. The smallest absolute Gasteiger partial charge is 0.272 e. The fourth-order valence-corrected chi connectivity index (χ4v) is 1.44. The number of ether oxygens (including phenoxy) is 1. The van der Waals surface area contributed by atoms with E-state index in [1.165, 1.54) is 0 Å². The van der Waals surface area contributed by atoms with Crippen LogP contribution in [0.15, 0.2) is 18.3 Å². The number of carbonyl (C=O) groups excluding carboxylic acids is 1. The molecular formula is C12H19N3O2. The number of rotatable bonds is 7. The van der Waals surface area contributed by atoms with E-state index in [0.717, 1.165) is 25.9 Å². The van der Waals surface area contributed by atoms with E-state index < -0.39 is 0 Å². The van der Waals surface area contributed by atoms with Gasteiger partial charge in [-0.2, -0.15) is 0 Å². The zero-order chi connectivity index (χ0) is 12.5. The number of aromatic nitrogens is 1. The van der Waals surface area contributed by atoms with Crippen LogP contribution in [0.5, 0.6) is 0 Å². The molecule has 3 N–H and O–H groups in total. The topological polar surface area (TPSA) is 77.2 Å². The molecule has 0 aliphatic rings. The number of nitrogen functional groups attached to an aromatic ring is 1. The van der Waals surface area contributed by atoms with E-state index in [9.17, 15) is 4.79 Å². The Morgan fingerprint density at radius 3 is 3.00 bits per heavy atom. The van der Waals surface area contributed by atoms with E-state index in [2.05, 4.69) is 10.3 Å². The van der Waals surface area contributed by atoms with Crippen LogP contribution in [-0.4, -0.2) is 31.2 Å². The van der Waals surface area contributed by atoms with Gasteiger partial charge in [-0.15, -0.1) is 0 Å². The molecule has 94 valence electrons. The summed E-state index contributed by atoms with van der Waals surface area (Å²) in [5, 5.41) is 2.79.